The molecule has 1 unspecified atom stereocenters. The van der Waals surface area contributed by atoms with Gasteiger partial charge in [0.05, 0.1) is 0 Å². The van der Waals surface area contributed by atoms with Crippen LogP contribution in [0.3, 0.4) is 0 Å². The van der Waals surface area contributed by atoms with E-state index in [4.69, 9.17) is 23.2 Å². The normalized spacial score (nSPS) is 14.6. The van der Waals surface area contributed by atoms with Gasteiger partial charge in [0.25, 0.3) is 0 Å². The van der Waals surface area contributed by atoms with E-state index in [1.54, 1.807) is 0 Å². The maximum atomic E-state index is 5.47. The van der Waals surface area contributed by atoms with Crippen molar-refractivity contribution in [2.45, 2.75) is 16.1 Å². The lowest BCUT2D eigenvalue weighted by atomic mass is 10.4. The number of alkyl halides is 4. The van der Waals surface area contributed by atoms with Crippen LogP contribution in [0, 0.1) is 0 Å². The Labute approximate surface area is 76.2 Å². The zero-order valence-electron chi connectivity index (χ0n) is 4.08. The van der Waals surface area contributed by atoms with Gasteiger partial charge in [0.15, 0.2) is 0 Å². The third-order valence-corrected chi connectivity index (χ3v) is 3.31. The van der Waals surface area contributed by atoms with E-state index < -0.39 is 0 Å². The van der Waals surface area contributed by atoms with E-state index in [0.29, 0.717) is 4.83 Å². The first-order valence-electron chi connectivity index (χ1n) is 2.15. The highest BCUT2D eigenvalue weighted by molar-refractivity contribution is 9.12. The first kappa shape index (κ1) is 9.54. The van der Waals surface area contributed by atoms with E-state index in [-0.39, 0.29) is 4.84 Å². The molecule has 50 valence electrons. The van der Waals surface area contributed by atoms with Crippen LogP contribution in [0.4, 0.5) is 0 Å². The molecule has 0 aliphatic rings. The molecule has 0 aromatic heterocycles. The molecular formula is C4H6Br2Cl2. The lowest BCUT2D eigenvalue weighted by molar-refractivity contribution is 0.907. The second-order valence-corrected chi connectivity index (χ2v) is 4.60. The van der Waals surface area contributed by atoms with Crippen LogP contribution in [0.5, 0.6) is 0 Å². The van der Waals surface area contributed by atoms with Crippen LogP contribution in [0.25, 0.3) is 0 Å². The fourth-order valence-corrected chi connectivity index (χ4v) is 1.76. The minimum absolute atomic E-state index is 0.253. The van der Waals surface area contributed by atoms with E-state index in [2.05, 4.69) is 31.9 Å². The summed E-state index contributed by atoms with van der Waals surface area (Å²) in [6.07, 6.45) is 0.786. The van der Waals surface area contributed by atoms with Crippen LogP contribution in [0.1, 0.15) is 6.42 Å². The molecule has 0 saturated heterocycles. The van der Waals surface area contributed by atoms with Crippen molar-refractivity contribution in [3.05, 3.63) is 0 Å². The standard InChI is InChI=1S/C4H6Br2Cl2/c5-2-3(6)1-4(7)8/h3-4H,1-2H2. The average Bonchev–Trinajstić information content (AvgIpc) is 1.65. The van der Waals surface area contributed by atoms with Crippen molar-refractivity contribution in [1.29, 1.82) is 0 Å². The molecule has 0 aliphatic heterocycles. The van der Waals surface area contributed by atoms with Crippen molar-refractivity contribution < 1.29 is 0 Å². The Hall–Kier alpha value is 1.54. The van der Waals surface area contributed by atoms with Gasteiger partial charge in [-0.05, 0) is 6.42 Å². The summed E-state index contributed by atoms with van der Waals surface area (Å²) < 4.78 is 0. The number of rotatable bonds is 3. The predicted molar refractivity (Wildman–Crippen MR) is 46.6 cm³/mol. The van der Waals surface area contributed by atoms with E-state index in [0.717, 1.165) is 11.8 Å². The molecule has 0 spiro atoms. The fraction of sp³-hybridized carbons (Fsp3) is 1.00. The van der Waals surface area contributed by atoms with E-state index in [9.17, 15) is 0 Å². The molecule has 0 aromatic carbocycles. The van der Waals surface area contributed by atoms with Crippen molar-refractivity contribution in [2.24, 2.45) is 0 Å². The first-order valence-corrected chi connectivity index (χ1v) is 5.06. The lowest BCUT2D eigenvalue weighted by Crippen LogP contribution is -2.03. The third-order valence-electron chi connectivity index (χ3n) is 0.601. The SMILES string of the molecule is ClC(Cl)CC(Br)CBr. The van der Waals surface area contributed by atoms with Crippen LogP contribution in [0.15, 0.2) is 0 Å². The maximum Gasteiger partial charge on any atom is 0.108 e. The summed E-state index contributed by atoms with van der Waals surface area (Å²) >= 11 is 17.6. The Morgan fingerprint density at radius 2 is 1.88 bits per heavy atom. The Balaban J connectivity index is 3.10. The van der Waals surface area contributed by atoms with Crippen molar-refractivity contribution >= 4 is 55.1 Å². The van der Waals surface area contributed by atoms with Crippen molar-refractivity contribution in [1.82, 2.24) is 0 Å². The second kappa shape index (κ2) is 5.33. The number of hydrogen-bond donors (Lipinski definition) is 0. The summed E-state index contributed by atoms with van der Waals surface area (Å²) in [6.45, 7) is 0. The maximum absolute atomic E-state index is 5.47. The van der Waals surface area contributed by atoms with Gasteiger partial charge in [-0.15, -0.1) is 23.2 Å². The molecule has 0 saturated carbocycles. The molecule has 0 bridgehead atoms. The highest BCUT2D eigenvalue weighted by atomic mass is 79.9. The Morgan fingerprint density at radius 3 is 2.00 bits per heavy atom. The van der Waals surface area contributed by atoms with Gasteiger partial charge in [-0.25, -0.2) is 0 Å². The largest absolute Gasteiger partial charge is 0.108 e. The van der Waals surface area contributed by atoms with Crippen LogP contribution >= 0.6 is 55.1 Å². The molecule has 0 rings (SSSR count). The molecular weight excluding hydrogens is 279 g/mol. The highest BCUT2D eigenvalue weighted by Gasteiger charge is 2.06. The highest BCUT2D eigenvalue weighted by Crippen LogP contribution is 2.16. The predicted octanol–water partition coefficient (Wildman–Crippen LogP) is 3.34. The van der Waals surface area contributed by atoms with Gasteiger partial charge in [0, 0.05) is 10.2 Å². The van der Waals surface area contributed by atoms with Crippen molar-refractivity contribution in [2.75, 3.05) is 5.33 Å². The Kier molecular flexibility index (Phi) is 6.36. The summed E-state index contributed by atoms with van der Waals surface area (Å²) in [7, 11) is 0. The number of hydrogen-bond acceptors (Lipinski definition) is 0. The van der Waals surface area contributed by atoms with E-state index in [1.165, 1.54) is 0 Å². The second-order valence-electron chi connectivity index (χ2n) is 1.38. The molecule has 0 nitrogen and oxygen atoms in total. The molecule has 0 heterocycles. The summed E-state index contributed by atoms with van der Waals surface area (Å²) in [6, 6.07) is 0. The monoisotopic (exact) mass is 282 g/mol. The molecule has 0 radical (unpaired) electrons. The molecule has 0 N–H and O–H groups in total. The Morgan fingerprint density at radius 1 is 1.38 bits per heavy atom. The van der Waals surface area contributed by atoms with E-state index in [1.807, 2.05) is 0 Å². The van der Waals surface area contributed by atoms with E-state index >= 15 is 0 Å². The van der Waals surface area contributed by atoms with Gasteiger partial charge in [-0.2, -0.15) is 0 Å². The van der Waals surface area contributed by atoms with Gasteiger partial charge in [0.1, 0.15) is 4.84 Å². The molecule has 1 atom stereocenters. The molecule has 4 heteroatoms. The first-order chi connectivity index (χ1) is 3.66. The summed E-state index contributed by atoms with van der Waals surface area (Å²) in [5, 5.41) is 0.892. The lowest BCUT2D eigenvalue weighted by Gasteiger charge is -2.03. The summed E-state index contributed by atoms with van der Waals surface area (Å²) in [5.41, 5.74) is 0. The van der Waals surface area contributed by atoms with Crippen LogP contribution in [0.2, 0.25) is 0 Å². The summed E-state index contributed by atoms with van der Waals surface area (Å²) in [4.78, 5) is 0.138. The molecule has 8 heavy (non-hydrogen) atoms. The molecule has 0 amide bonds. The molecule has 0 aliphatic carbocycles. The smallest absolute Gasteiger partial charge is 0.105 e. The minimum Gasteiger partial charge on any atom is -0.105 e. The average molecular weight is 285 g/mol. The fourth-order valence-electron chi connectivity index (χ4n) is 0.256. The van der Waals surface area contributed by atoms with Crippen LogP contribution in [-0.2, 0) is 0 Å². The van der Waals surface area contributed by atoms with Crippen molar-refractivity contribution in [3.63, 3.8) is 0 Å². The topological polar surface area (TPSA) is 0 Å². The molecule has 0 fully saturated rings. The zero-order chi connectivity index (χ0) is 6.57. The van der Waals surface area contributed by atoms with Crippen LogP contribution in [-0.4, -0.2) is 15.0 Å². The van der Waals surface area contributed by atoms with Gasteiger partial charge in [0.2, 0.25) is 0 Å². The van der Waals surface area contributed by atoms with Gasteiger partial charge in [-0.1, -0.05) is 31.9 Å². The minimum atomic E-state index is -0.253. The zero-order valence-corrected chi connectivity index (χ0v) is 8.76. The third kappa shape index (κ3) is 5.67. The Bertz CT molecular complexity index is 58.0. The van der Waals surface area contributed by atoms with Gasteiger partial charge >= 0.3 is 0 Å². The quantitative estimate of drug-likeness (QED) is 0.698. The van der Waals surface area contributed by atoms with Crippen molar-refractivity contribution in [3.8, 4) is 0 Å². The van der Waals surface area contributed by atoms with Crippen LogP contribution < -0.4 is 0 Å². The summed E-state index contributed by atoms with van der Waals surface area (Å²) in [5.74, 6) is 0. The van der Waals surface area contributed by atoms with Gasteiger partial charge < -0.3 is 0 Å². The van der Waals surface area contributed by atoms with Gasteiger partial charge in [-0.3, -0.25) is 0 Å². The number of halogens is 4. The molecule has 0 aromatic rings.